The van der Waals surface area contributed by atoms with Crippen LogP contribution in [0.2, 0.25) is 0 Å². The highest BCUT2D eigenvalue weighted by Crippen LogP contribution is 2.28. The number of aromatic nitrogens is 1. The number of carbonyl (C=O) groups is 1. The Morgan fingerprint density at radius 2 is 1.82 bits per heavy atom. The van der Waals surface area contributed by atoms with E-state index >= 15 is 0 Å². The first kappa shape index (κ1) is 19.2. The number of hydrogen-bond acceptors (Lipinski definition) is 3. The van der Waals surface area contributed by atoms with Crippen molar-refractivity contribution in [2.24, 2.45) is 13.0 Å². The number of fused-ring (bicyclic) bond motifs is 1. The molecule has 0 unspecified atom stereocenters. The van der Waals surface area contributed by atoms with Crippen LogP contribution in [0.3, 0.4) is 0 Å². The molecule has 1 aliphatic heterocycles. The number of pyridine rings is 1. The second-order valence-corrected chi connectivity index (χ2v) is 8.37. The summed E-state index contributed by atoms with van der Waals surface area (Å²) in [4.78, 5) is 28.5. The van der Waals surface area contributed by atoms with E-state index in [1.807, 2.05) is 42.3 Å². The second kappa shape index (κ2) is 8.48. The van der Waals surface area contributed by atoms with Crippen molar-refractivity contribution in [2.45, 2.75) is 57.5 Å². The highest BCUT2D eigenvalue weighted by Gasteiger charge is 2.32. The normalized spacial score (nSPS) is 19.0. The van der Waals surface area contributed by atoms with E-state index in [4.69, 9.17) is 0 Å². The Morgan fingerprint density at radius 1 is 1.11 bits per heavy atom. The fourth-order valence-electron chi connectivity index (χ4n) is 4.88. The van der Waals surface area contributed by atoms with Gasteiger partial charge in [0.2, 0.25) is 5.91 Å². The fraction of sp³-hybridized carbons (Fsp3) is 0.565. The van der Waals surface area contributed by atoms with Gasteiger partial charge in [-0.3, -0.25) is 9.59 Å². The summed E-state index contributed by atoms with van der Waals surface area (Å²) in [5.41, 5.74) is 1.67. The van der Waals surface area contributed by atoms with Gasteiger partial charge in [-0.2, -0.15) is 0 Å². The molecule has 1 aliphatic carbocycles. The van der Waals surface area contributed by atoms with Crippen LogP contribution in [0.5, 0.6) is 0 Å². The number of aryl methyl sites for hydroxylation is 1. The molecule has 1 amide bonds. The molecule has 5 nitrogen and oxygen atoms in total. The van der Waals surface area contributed by atoms with Crippen molar-refractivity contribution in [3.05, 3.63) is 46.2 Å². The van der Waals surface area contributed by atoms with E-state index in [0.29, 0.717) is 6.54 Å². The van der Waals surface area contributed by atoms with Gasteiger partial charge < -0.3 is 14.8 Å². The Bertz CT molecular complexity index is 892. The summed E-state index contributed by atoms with van der Waals surface area (Å²) in [6, 6.07) is 10.2. The van der Waals surface area contributed by atoms with Gasteiger partial charge in [-0.15, -0.1) is 0 Å². The predicted octanol–water partition coefficient (Wildman–Crippen LogP) is 3.20. The minimum Gasteiger partial charge on any atom is -0.335 e. The number of para-hydroxylation sites is 1. The van der Waals surface area contributed by atoms with Crippen molar-refractivity contribution >= 4 is 16.8 Å². The molecule has 1 aromatic carbocycles. The van der Waals surface area contributed by atoms with Crippen LogP contribution in [0, 0.1) is 5.92 Å². The first-order valence-electron chi connectivity index (χ1n) is 10.7. The lowest BCUT2D eigenvalue weighted by molar-refractivity contribution is -0.140. The molecule has 0 bridgehead atoms. The molecule has 2 fully saturated rings. The minimum atomic E-state index is 0.00841. The van der Waals surface area contributed by atoms with Crippen molar-refractivity contribution in [1.29, 1.82) is 0 Å². The lowest BCUT2D eigenvalue weighted by Gasteiger charge is -2.37. The van der Waals surface area contributed by atoms with Gasteiger partial charge in [0.05, 0.1) is 12.1 Å². The van der Waals surface area contributed by atoms with Gasteiger partial charge in [-0.05, 0) is 56.3 Å². The quantitative estimate of drug-likeness (QED) is 0.885. The number of hydrogen-bond donors (Lipinski definition) is 1. The zero-order valence-corrected chi connectivity index (χ0v) is 16.8. The molecule has 2 aromatic rings. The Labute approximate surface area is 166 Å². The van der Waals surface area contributed by atoms with Crippen LogP contribution in [0.25, 0.3) is 10.9 Å². The van der Waals surface area contributed by atoms with Crippen molar-refractivity contribution in [1.82, 2.24) is 14.8 Å². The molecule has 0 radical (unpaired) electrons. The summed E-state index contributed by atoms with van der Waals surface area (Å²) in [5, 5.41) is 4.44. The maximum atomic E-state index is 13.5. The van der Waals surface area contributed by atoms with Gasteiger partial charge in [-0.25, -0.2) is 0 Å². The highest BCUT2D eigenvalue weighted by molar-refractivity contribution is 5.81. The molecule has 1 saturated carbocycles. The van der Waals surface area contributed by atoms with Gasteiger partial charge in [0.1, 0.15) is 0 Å². The van der Waals surface area contributed by atoms with Crippen LogP contribution in [0.4, 0.5) is 0 Å². The third kappa shape index (κ3) is 3.86. The van der Waals surface area contributed by atoms with E-state index in [0.717, 1.165) is 68.1 Å². The second-order valence-electron chi connectivity index (χ2n) is 8.37. The molecule has 0 spiro atoms. The van der Waals surface area contributed by atoms with Crippen LogP contribution >= 0.6 is 0 Å². The number of nitrogens with one attached hydrogen (secondary N) is 1. The van der Waals surface area contributed by atoms with Crippen molar-refractivity contribution < 1.29 is 4.79 Å². The van der Waals surface area contributed by atoms with Gasteiger partial charge >= 0.3 is 0 Å². The van der Waals surface area contributed by atoms with Crippen LogP contribution < -0.4 is 10.9 Å². The minimum absolute atomic E-state index is 0.00841. The van der Waals surface area contributed by atoms with Crippen LogP contribution in [0.15, 0.2) is 35.1 Å². The lowest BCUT2D eigenvalue weighted by atomic mass is 9.87. The Hall–Kier alpha value is -2.14. The summed E-state index contributed by atoms with van der Waals surface area (Å²) in [6.07, 6.45) is 7.45. The van der Waals surface area contributed by atoms with E-state index in [-0.39, 0.29) is 23.4 Å². The Morgan fingerprint density at radius 3 is 2.57 bits per heavy atom. The number of amides is 1. The fourth-order valence-corrected chi connectivity index (χ4v) is 4.88. The molecule has 28 heavy (non-hydrogen) atoms. The molecule has 150 valence electrons. The van der Waals surface area contributed by atoms with E-state index in [1.54, 1.807) is 4.57 Å². The number of nitrogens with zero attached hydrogens (tertiary/aromatic N) is 2. The average molecular weight is 382 g/mol. The number of piperidine rings is 1. The maximum Gasteiger partial charge on any atom is 0.255 e. The number of rotatable bonds is 4. The van der Waals surface area contributed by atoms with Crippen LogP contribution in [0.1, 0.15) is 50.5 Å². The summed E-state index contributed by atoms with van der Waals surface area (Å²) in [5.74, 6) is 0.398. The van der Waals surface area contributed by atoms with E-state index in [1.165, 1.54) is 6.42 Å². The molecule has 4 rings (SSSR count). The first-order valence-corrected chi connectivity index (χ1v) is 10.7. The van der Waals surface area contributed by atoms with E-state index in [9.17, 15) is 9.59 Å². The standard InChI is InChI=1S/C23H31N3O2/c1-25-21-10-6-5-9-18(21)15-19(22(25)27)16-26(20-11-13-24-14-12-20)23(28)17-7-3-2-4-8-17/h5-6,9-10,15,17,20,24H,2-4,7-8,11-14,16H2,1H3. The molecule has 1 N–H and O–H groups in total. The smallest absolute Gasteiger partial charge is 0.255 e. The molecule has 1 saturated heterocycles. The summed E-state index contributed by atoms with van der Waals surface area (Å²) in [6.45, 7) is 2.31. The topological polar surface area (TPSA) is 54.3 Å². The summed E-state index contributed by atoms with van der Waals surface area (Å²) >= 11 is 0. The van der Waals surface area contributed by atoms with Crippen molar-refractivity contribution in [3.63, 3.8) is 0 Å². The van der Waals surface area contributed by atoms with E-state index < -0.39 is 0 Å². The summed E-state index contributed by atoms with van der Waals surface area (Å²) in [7, 11) is 1.83. The van der Waals surface area contributed by atoms with Gasteiger partial charge in [0.25, 0.3) is 5.56 Å². The van der Waals surface area contributed by atoms with Gasteiger partial charge in [-0.1, -0.05) is 37.5 Å². The van der Waals surface area contributed by atoms with Crippen molar-refractivity contribution in [3.8, 4) is 0 Å². The van der Waals surface area contributed by atoms with Crippen molar-refractivity contribution in [2.75, 3.05) is 13.1 Å². The predicted molar refractivity (Wildman–Crippen MR) is 112 cm³/mol. The maximum absolute atomic E-state index is 13.5. The summed E-state index contributed by atoms with van der Waals surface area (Å²) < 4.78 is 1.72. The lowest BCUT2D eigenvalue weighted by Crippen LogP contribution is -2.48. The van der Waals surface area contributed by atoms with Crippen LogP contribution in [-0.2, 0) is 18.4 Å². The van der Waals surface area contributed by atoms with Gasteiger partial charge in [0.15, 0.2) is 0 Å². The third-order valence-electron chi connectivity index (χ3n) is 6.53. The Balaban J connectivity index is 1.67. The van der Waals surface area contributed by atoms with Crippen LogP contribution in [-0.4, -0.2) is 34.5 Å². The largest absolute Gasteiger partial charge is 0.335 e. The number of carbonyl (C=O) groups excluding carboxylic acids is 1. The highest BCUT2D eigenvalue weighted by atomic mass is 16.2. The van der Waals surface area contributed by atoms with E-state index in [2.05, 4.69) is 5.32 Å². The molecule has 2 heterocycles. The molecular weight excluding hydrogens is 350 g/mol. The first-order chi connectivity index (χ1) is 13.6. The molecule has 1 aromatic heterocycles. The number of benzene rings is 1. The Kier molecular flexibility index (Phi) is 5.81. The molecule has 5 heteroatoms. The molecule has 0 atom stereocenters. The zero-order chi connectivity index (χ0) is 19.5. The molecule has 2 aliphatic rings. The SMILES string of the molecule is Cn1c(=O)c(CN(C(=O)C2CCCCC2)C2CCNCC2)cc2ccccc21. The van der Waals surface area contributed by atoms with Gasteiger partial charge in [0, 0.05) is 24.6 Å². The third-order valence-corrected chi connectivity index (χ3v) is 6.53. The zero-order valence-electron chi connectivity index (χ0n) is 16.8. The average Bonchev–Trinajstić information content (AvgIpc) is 2.76. The monoisotopic (exact) mass is 381 g/mol. The molecular formula is C23H31N3O2.